The highest BCUT2D eigenvalue weighted by Crippen LogP contribution is 2.33. The lowest BCUT2D eigenvalue weighted by molar-refractivity contribution is 0.0453. The van der Waals surface area contributed by atoms with Crippen molar-refractivity contribution in [1.82, 2.24) is 9.80 Å². The molecule has 1 amide bonds. The molecule has 3 nitrogen and oxygen atoms in total. The van der Waals surface area contributed by atoms with Crippen molar-refractivity contribution in [3.05, 3.63) is 69.2 Å². The Kier molecular flexibility index (Phi) is 4.25. The minimum absolute atomic E-state index is 0.0243. The van der Waals surface area contributed by atoms with Crippen LogP contribution in [0, 0.1) is 0 Å². The number of carbonyl (C=O) groups is 1. The second-order valence-corrected chi connectivity index (χ2v) is 7.20. The summed E-state index contributed by atoms with van der Waals surface area (Å²) in [6.07, 6.45) is 1.09. The summed E-state index contributed by atoms with van der Waals surface area (Å²) in [5, 5.41) is 0.892. The van der Waals surface area contributed by atoms with Crippen molar-refractivity contribution in [3.8, 4) is 0 Å². The number of rotatable bonds is 1. The van der Waals surface area contributed by atoms with E-state index in [4.69, 9.17) is 23.2 Å². The van der Waals surface area contributed by atoms with E-state index in [-0.39, 0.29) is 11.9 Å². The van der Waals surface area contributed by atoms with Crippen LogP contribution in [0.25, 0.3) is 0 Å². The molecule has 4 rings (SSSR count). The molecule has 2 aromatic carbocycles. The molecule has 1 unspecified atom stereocenters. The van der Waals surface area contributed by atoms with Crippen LogP contribution in [0.5, 0.6) is 0 Å². The second kappa shape index (κ2) is 6.40. The van der Waals surface area contributed by atoms with Crippen LogP contribution in [0.1, 0.15) is 27.5 Å². The van der Waals surface area contributed by atoms with Gasteiger partial charge in [0.1, 0.15) is 0 Å². The van der Waals surface area contributed by atoms with Crippen LogP contribution in [-0.4, -0.2) is 41.9 Å². The fourth-order valence-electron chi connectivity index (χ4n) is 3.73. The van der Waals surface area contributed by atoms with E-state index >= 15 is 0 Å². The van der Waals surface area contributed by atoms with E-state index in [0.717, 1.165) is 32.6 Å². The van der Waals surface area contributed by atoms with Gasteiger partial charge in [-0.25, -0.2) is 0 Å². The van der Waals surface area contributed by atoms with Gasteiger partial charge in [-0.1, -0.05) is 47.5 Å². The summed E-state index contributed by atoms with van der Waals surface area (Å²) in [7, 11) is 0. The summed E-state index contributed by atoms with van der Waals surface area (Å²) in [5.41, 5.74) is 3.36. The van der Waals surface area contributed by atoms with E-state index in [2.05, 4.69) is 29.2 Å². The van der Waals surface area contributed by atoms with Crippen molar-refractivity contribution in [1.29, 1.82) is 0 Å². The number of nitrogens with zero attached hydrogens (tertiary/aromatic N) is 2. The zero-order valence-electron chi connectivity index (χ0n) is 13.2. The van der Waals surface area contributed by atoms with E-state index in [1.807, 2.05) is 4.90 Å². The molecule has 2 heterocycles. The summed E-state index contributed by atoms with van der Waals surface area (Å²) in [5.74, 6) is 0.0243. The zero-order chi connectivity index (χ0) is 16.7. The Morgan fingerprint density at radius 1 is 1.00 bits per heavy atom. The molecule has 0 aliphatic carbocycles. The molecular weight excluding hydrogens is 343 g/mol. The monoisotopic (exact) mass is 360 g/mol. The molecule has 2 aliphatic rings. The first-order valence-corrected chi connectivity index (χ1v) is 8.95. The summed E-state index contributed by atoms with van der Waals surface area (Å²) >= 11 is 12.0. The van der Waals surface area contributed by atoms with E-state index in [1.165, 1.54) is 11.1 Å². The standard InChI is InChI=1S/C19H18Cl2N2O/c20-16-6-5-14(11-17(16)21)19(24)23-10-9-22-8-7-13-3-1-2-4-15(13)18(22)12-23/h1-6,11,18H,7-10,12H2. The highest BCUT2D eigenvalue weighted by Gasteiger charge is 2.34. The van der Waals surface area contributed by atoms with Gasteiger partial charge in [0.2, 0.25) is 0 Å². The summed E-state index contributed by atoms with van der Waals surface area (Å²) < 4.78 is 0. The Morgan fingerprint density at radius 3 is 2.67 bits per heavy atom. The number of amides is 1. The number of halogens is 2. The average molecular weight is 361 g/mol. The van der Waals surface area contributed by atoms with E-state index in [9.17, 15) is 4.79 Å². The third-order valence-electron chi connectivity index (χ3n) is 5.03. The quantitative estimate of drug-likeness (QED) is 0.765. The van der Waals surface area contributed by atoms with Crippen LogP contribution >= 0.6 is 23.2 Å². The van der Waals surface area contributed by atoms with Gasteiger partial charge in [-0.15, -0.1) is 0 Å². The van der Waals surface area contributed by atoms with Gasteiger partial charge < -0.3 is 4.90 Å². The molecule has 24 heavy (non-hydrogen) atoms. The molecular formula is C19H18Cl2N2O. The van der Waals surface area contributed by atoms with Gasteiger partial charge in [0.25, 0.3) is 5.91 Å². The fourth-order valence-corrected chi connectivity index (χ4v) is 4.03. The lowest BCUT2D eigenvalue weighted by atomic mass is 9.91. The second-order valence-electron chi connectivity index (χ2n) is 6.38. The maximum atomic E-state index is 12.9. The molecule has 2 aromatic rings. The van der Waals surface area contributed by atoms with E-state index in [1.54, 1.807) is 18.2 Å². The highest BCUT2D eigenvalue weighted by atomic mass is 35.5. The van der Waals surface area contributed by atoms with Crippen molar-refractivity contribution in [2.75, 3.05) is 26.2 Å². The van der Waals surface area contributed by atoms with Gasteiger partial charge in [0, 0.05) is 31.7 Å². The lowest BCUT2D eigenvalue weighted by Crippen LogP contribution is -2.52. The van der Waals surface area contributed by atoms with Gasteiger partial charge >= 0.3 is 0 Å². The Bertz CT molecular complexity index is 793. The molecule has 2 aliphatic heterocycles. The minimum Gasteiger partial charge on any atom is -0.335 e. The van der Waals surface area contributed by atoms with Crippen molar-refractivity contribution >= 4 is 29.1 Å². The number of piperazine rings is 1. The molecule has 0 saturated carbocycles. The highest BCUT2D eigenvalue weighted by molar-refractivity contribution is 6.42. The van der Waals surface area contributed by atoms with E-state index < -0.39 is 0 Å². The van der Waals surface area contributed by atoms with Gasteiger partial charge in [-0.05, 0) is 35.7 Å². The number of benzene rings is 2. The van der Waals surface area contributed by atoms with Gasteiger partial charge in [0.15, 0.2) is 0 Å². The SMILES string of the molecule is O=C(c1ccc(Cl)c(Cl)c1)N1CCN2CCc3ccccc3C2C1. The zero-order valence-corrected chi connectivity index (χ0v) is 14.7. The molecule has 0 aromatic heterocycles. The van der Waals surface area contributed by atoms with Gasteiger partial charge in [-0.3, -0.25) is 9.69 Å². The first-order chi connectivity index (χ1) is 11.6. The van der Waals surface area contributed by atoms with Crippen molar-refractivity contribution in [2.24, 2.45) is 0 Å². The maximum Gasteiger partial charge on any atom is 0.254 e. The Balaban J connectivity index is 1.59. The van der Waals surface area contributed by atoms with Crippen LogP contribution in [0.3, 0.4) is 0 Å². The van der Waals surface area contributed by atoms with Crippen molar-refractivity contribution in [2.45, 2.75) is 12.5 Å². The summed E-state index contributed by atoms with van der Waals surface area (Å²) in [4.78, 5) is 17.3. The number of fused-ring (bicyclic) bond motifs is 3. The molecule has 0 radical (unpaired) electrons. The van der Waals surface area contributed by atoms with Crippen LogP contribution in [0.4, 0.5) is 0 Å². The topological polar surface area (TPSA) is 23.6 Å². The number of hydrogen-bond acceptors (Lipinski definition) is 2. The molecule has 5 heteroatoms. The molecule has 1 atom stereocenters. The summed E-state index contributed by atoms with van der Waals surface area (Å²) in [6, 6.07) is 14.0. The van der Waals surface area contributed by atoms with Crippen LogP contribution in [0.15, 0.2) is 42.5 Å². The Labute approximate surface area is 151 Å². The third-order valence-corrected chi connectivity index (χ3v) is 5.77. The first kappa shape index (κ1) is 15.9. The van der Waals surface area contributed by atoms with Gasteiger partial charge in [0.05, 0.1) is 16.1 Å². The maximum absolute atomic E-state index is 12.9. The lowest BCUT2D eigenvalue weighted by Gasteiger charge is -2.44. The van der Waals surface area contributed by atoms with Crippen LogP contribution in [-0.2, 0) is 6.42 Å². The minimum atomic E-state index is 0.0243. The molecule has 1 fully saturated rings. The number of carbonyl (C=O) groups excluding carboxylic acids is 1. The molecule has 0 spiro atoms. The average Bonchev–Trinajstić information content (AvgIpc) is 2.63. The van der Waals surface area contributed by atoms with Crippen LogP contribution < -0.4 is 0 Å². The molecule has 1 saturated heterocycles. The smallest absolute Gasteiger partial charge is 0.254 e. The largest absolute Gasteiger partial charge is 0.335 e. The van der Waals surface area contributed by atoms with Crippen molar-refractivity contribution < 1.29 is 4.79 Å². The molecule has 0 bridgehead atoms. The van der Waals surface area contributed by atoms with Gasteiger partial charge in [-0.2, -0.15) is 0 Å². The predicted octanol–water partition coefficient (Wildman–Crippen LogP) is 4.05. The third kappa shape index (κ3) is 2.81. The first-order valence-electron chi connectivity index (χ1n) is 8.19. The Hall–Kier alpha value is -1.55. The number of hydrogen-bond donors (Lipinski definition) is 0. The molecule has 0 N–H and O–H groups in total. The molecule has 124 valence electrons. The Morgan fingerprint density at radius 2 is 1.83 bits per heavy atom. The normalized spacial score (nSPS) is 20.4. The fraction of sp³-hybridized carbons (Fsp3) is 0.316. The van der Waals surface area contributed by atoms with E-state index in [0.29, 0.717) is 15.6 Å². The summed E-state index contributed by atoms with van der Waals surface area (Å²) in [6.45, 7) is 3.44. The van der Waals surface area contributed by atoms with Crippen LogP contribution in [0.2, 0.25) is 10.0 Å². The predicted molar refractivity (Wildman–Crippen MR) is 96.8 cm³/mol. The van der Waals surface area contributed by atoms with Crippen molar-refractivity contribution in [3.63, 3.8) is 0 Å².